The largest absolute Gasteiger partial charge is 0.476 e. The molecule has 0 unspecified atom stereocenters. The van der Waals surface area contributed by atoms with Gasteiger partial charge in [0.1, 0.15) is 16.8 Å². The number of amides is 1. The van der Waals surface area contributed by atoms with Crippen LogP contribution in [0.25, 0.3) is 0 Å². The van der Waals surface area contributed by atoms with Crippen LogP contribution >= 0.6 is 11.6 Å². The number of aromatic nitrogens is 3. The van der Waals surface area contributed by atoms with Gasteiger partial charge in [0.15, 0.2) is 0 Å². The molecule has 3 N–H and O–H groups in total. The molecule has 3 heterocycles. The van der Waals surface area contributed by atoms with E-state index in [-0.39, 0.29) is 22.7 Å². The van der Waals surface area contributed by atoms with E-state index in [2.05, 4.69) is 25.8 Å². The number of carbonyl (C=O) groups excluding carboxylic acids is 1. The molecule has 1 atom stereocenters. The highest BCUT2D eigenvalue weighted by molar-refractivity contribution is 6.35. The van der Waals surface area contributed by atoms with Crippen molar-refractivity contribution >= 4 is 23.2 Å². The molecule has 1 aliphatic heterocycles. The highest BCUT2D eigenvalue weighted by Crippen LogP contribution is 2.26. The predicted molar refractivity (Wildman–Crippen MR) is 88.5 cm³/mol. The predicted octanol–water partition coefficient (Wildman–Crippen LogP) is 1.77. The number of nitrogens with zero attached hydrogens (tertiary/aromatic N) is 2. The number of carbonyl (C=O) groups is 1. The van der Waals surface area contributed by atoms with Gasteiger partial charge in [-0.3, -0.25) is 14.9 Å². The number of pyridine rings is 1. The van der Waals surface area contributed by atoms with Crippen molar-refractivity contribution in [2.45, 2.75) is 13.0 Å². The summed E-state index contributed by atoms with van der Waals surface area (Å²) in [6.07, 6.45) is 1.51. The topological polar surface area (TPSA) is 101 Å². The zero-order chi connectivity index (χ0) is 16.9. The lowest BCUT2D eigenvalue weighted by atomic mass is 10.2. The minimum absolute atomic E-state index is 0.0701. The molecule has 8 nitrogen and oxygen atoms in total. The van der Waals surface area contributed by atoms with Gasteiger partial charge >= 0.3 is 0 Å². The zero-order valence-corrected chi connectivity index (χ0v) is 13.9. The van der Waals surface area contributed by atoms with Crippen LogP contribution in [0, 0.1) is 0 Å². The first-order chi connectivity index (χ1) is 11.7. The molecule has 3 rings (SSSR count). The second-order valence-electron chi connectivity index (χ2n) is 5.14. The molecule has 2 aromatic rings. The standard InChI is InChI=1S/C15H18ClN5O3/c1-2-23-15-12(16)13(20-21-15)14(22)19-9-3-4-10(18-7-9)11-8-17-5-6-24-11/h3-4,7,11,17H,2,5-6,8H2,1H3,(H,19,22)(H,20,21)/t11-/m1/s1. The van der Waals surface area contributed by atoms with Crippen LogP contribution in [0.1, 0.15) is 29.2 Å². The molecular formula is C15H18ClN5O3. The number of rotatable bonds is 5. The van der Waals surface area contributed by atoms with Gasteiger partial charge in [-0.25, -0.2) is 0 Å². The summed E-state index contributed by atoms with van der Waals surface area (Å²) in [5.74, 6) is -0.205. The van der Waals surface area contributed by atoms with Crippen LogP contribution in [0.3, 0.4) is 0 Å². The number of H-pyrrole nitrogens is 1. The number of aromatic amines is 1. The van der Waals surface area contributed by atoms with Gasteiger partial charge < -0.3 is 20.1 Å². The second kappa shape index (κ2) is 7.61. The van der Waals surface area contributed by atoms with Crippen molar-refractivity contribution in [1.82, 2.24) is 20.5 Å². The first kappa shape index (κ1) is 16.7. The summed E-state index contributed by atoms with van der Waals surface area (Å²) < 4.78 is 10.9. The van der Waals surface area contributed by atoms with Crippen molar-refractivity contribution in [2.75, 3.05) is 31.6 Å². The molecule has 128 valence electrons. The van der Waals surface area contributed by atoms with Crippen LogP contribution in [-0.4, -0.2) is 47.4 Å². The smallest absolute Gasteiger partial charge is 0.275 e. The van der Waals surface area contributed by atoms with E-state index in [1.807, 2.05) is 13.0 Å². The normalized spacial score (nSPS) is 17.5. The summed E-state index contributed by atoms with van der Waals surface area (Å²) in [6.45, 7) is 4.45. The average molecular weight is 352 g/mol. The van der Waals surface area contributed by atoms with E-state index in [1.54, 1.807) is 12.3 Å². The van der Waals surface area contributed by atoms with Crippen molar-refractivity contribution in [3.8, 4) is 5.88 Å². The van der Waals surface area contributed by atoms with E-state index in [0.29, 0.717) is 18.9 Å². The van der Waals surface area contributed by atoms with Crippen LogP contribution in [0.4, 0.5) is 5.69 Å². The lowest BCUT2D eigenvalue weighted by Gasteiger charge is -2.23. The van der Waals surface area contributed by atoms with Crippen LogP contribution in [0.15, 0.2) is 18.3 Å². The van der Waals surface area contributed by atoms with E-state index in [1.165, 1.54) is 0 Å². The van der Waals surface area contributed by atoms with Crippen molar-refractivity contribution in [2.24, 2.45) is 0 Å². The Labute approximate surface area is 143 Å². The molecule has 0 radical (unpaired) electrons. The molecule has 2 aromatic heterocycles. The summed E-state index contributed by atoms with van der Waals surface area (Å²) in [5.41, 5.74) is 1.51. The van der Waals surface area contributed by atoms with E-state index >= 15 is 0 Å². The van der Waals surface area contributed by atoms with E-state index < -0.39 is 5.91 Å². The molecule has 1 saturated heterocycles. The van der Waals surface area contributed by atoms with Crippen molar-refractivity contribution in [3.63, 3.8) is 0 Å². The molecule has 0 saturated carbocycles. The van der Waals surface area contributed by atoms with Gasteiger partial charge in [-0.2, -0.15) is 0 Å². The molecule has 9 heteroatoms. The third-order valence-electron chi connectivity index (χ3n) is 3.49. The number of hydrogen-bond donors (Lipinski definition) is 3. The molecule has 1 amide bonds. The Morgan fingerprint density at radius 2 is 2.42 bits per heavy atom. The number of anilines is 1. The van der Waals surface area contributed by atoms with Gasteiger partial charge in [-0.1, -0.05) is 11.6 Å². The number of ether oxygens (including phenoxy) is 2. The van der Waals surface area contributed by atoms with Crippen molar-refractivity contribution < 1.29 is 14.3 Å². The molecule has 1 fully saturated rings. The number of morpholine rings is 1. The Bertz CT molecular complexity index is 698. The Balaban J connectivity index is 1.66. The quantitative estimate of drug-likeness (QED) is 0.759. The minimum atomic E-state index is -0.413. The van der Waals surface area contributed by atoms with Gasteiger partial charge in [-0.05, 0) is 19.1 Å². The van der Waals surface area contributed by atoms with Gasteiger partial charge in [-0.15, -0.1) is 5.10 Å². The fourth-order valence-corrected chi connectivity index (χ4v) is 2.54. The van der Waals surface area contributed by atoms with E-state index in [4.69, 9.17) is 21.1 Å². The molecule has 0 bridgehead atoms. The molecule has 0 aromatic carbocycles. The third kappa shape index (κ3) is 3.66. The molecule has 0 aliphatic carbocycles. The van der Waals surface area contributed by atoms with E-state index in [9.17, 15) is 4.79 Å². The summed E-state index contributed by atoms with van der Waals surface area (Å²) in [7, 11) is 0. The van der Waals surface area contributed by atoms with Crippen LogP contribution < -0.4 is 15.4 Å². The second-order valence-corrected chi connectivity index (χ2v) is 5.52. The number of halogens is 1. The van der Waals surface area contributed by atoms with Gasteiger partial charge in [0.05, 0.1) is 30.8 Å². The summed E-state index contributed by atoms with van der Waals surface area (Å²) in [5, 5.41) is 12.6. The molecule has 0 spiro atoms. The lowest BCUT2D eigenvalue weighted by molar-refractivity contribution is 0.0250. The molecule has 24 heavy (non-hydrogen) atoms. The lowest BCUT2D eigenvalue weighted by Crippen LogP contribution is -2.33. The first-order valence-electron chi connectivity index (χ1n) is 7.65. The monoisotopic (exact) mass is 351 g/mol. The number of nitrogens with one attached hydrogen (secondary N) is 3. The summed E-state index contributed by atoms with van der Waals surface area (Å²) >= 11 is 6.07. The van der Waals surface area contributed by atoms with Gasteiger partial charge in [0, 0.05) is 13.1 Å². The van der Waals surface area contributed by atoms with Crippen LogP contribution in [0.5, 0.6) is 5.88 Å². The average Bonchev–Trinajstić information content (AvgIpc) is 2.98. The Kier molecular flexibility index (Phi) is 5.29. The van der Waals surface area contributed by atoms with Crippen molar-refractivity contribution in [1.29, 1.82) is 0 Å². The highest BCUT2D eigenvalue weighted by atomic mass is 35.5. The Morgan fingerprint density at radius 3 is 3.08 bits per heavy atom. The SMILES string of the molecule is CCOc1n[nH]c(C(=O)Nc2ccc([C@H]3CNCCO3)nc2)c1Cl. The summed E-state index contributed by atoms with van der Waals surface area (Å²) in [4.78, 5) is 16.6. The maximum atomic E-state index is 12.3. The first-order valence-corrected chi connectivity index (χ1v) is 8.03. The molecule has 1 aliphatic rings. The maximum Gasteiger partial charge on any atom is 0.275 e. The zero-order valence-electron chi connectivity index (χ0n) is 13.1. The molecular weight excluding hydrogens is 334 g/mol. The summed E-state index contributed by atoms with van der Waals surface area (Å²) in [6, 6.07) is 3.60. The van der Waals surface area contributed by atoms with E-state index in [0.717, 1.165) is 18.8 Å². The van der Waals surface area contributed by atoms with Crippen molar-refractivity contribution in [3.05, 3.63) is 34.7 Å². The Morgan fingerprint density at radius 1 is 1.54 bits per heavy atom. The number of hydrogen-bond acceptors (Lipinski definition) is 6. The fourth-order valence-electron chi connectivity index (χ4n) is 2.31. The van der Waals surface area contributed by atoms with Gasteiger partial charge in [0.25, 0.3) is 11.8 Å². The van der Waals surface area contributed by atoms with Crippen LogP contribution in [-0.2, 0) is 4.74 Å². The van der Waals surface area contributed by atoms with Gasteiger partial charge in [0.2, 0.25) is 0 Å². The fraction of sp³-hybridized carbons (Fsp3) is 0.400. The third-order valence-corrected chi connectivity index (χ3v) is 3.84. The highest BCUT2D eigenvalue weighted by Gasteiger charge is 2.20. The maximum absolute atomic E-state index is 12.3. The Hall–Kier alpha value is -2.16. The minimum Gasteiger partial charge on any atom is -0.476 e. The van der Waals surface area contributed by atoms with Crippen LogP contribution in [0.2, 0.25) is 5.02 Å².